The van der Waals surface area contributed by atoms with Gasteiger partial charge in [-0.3, -0.25) is 9.79 Å². The topological polar surface area (TPSA) is 64.1 Å². The lowest BCUT2D eigenvalue weighted by atomic mass is 10.1. The number of amides is 1. The van der Waals surface area contributed by atoms with Crippen molar-refractivity contribution in [3.63, 3.8) is 0 Å². The minimum absolute atomic E-state index is 0. The molecule has 0 atom stereocenters. The molecule has 2 aromatic rings. The molecule has 1 aromatic carbocycles. The van der Waals surface area contributed by atoms with Gasteiger partial charge in [0.05, 0.1) is 0 Å². The zero-order valence-electron chi connectivity index (χ0n) is 18.6. The molecule has 31 heavy (non-hydrogen) atoms. The van der Waals surface area contributed by atoms with E-state index in [0.29, 0.717) is 6.54 Å². The number of hydrogen-bond acceptors (Lipinski definition) is 4. The Balaban J connectivity index is 0.00000341. The lowest BCUT2D eigenvalue weighted by molar-refractivity contribution is 0.0827. The maximum Gasteiger partial charge on any atom is 0.253 e. The van der Waals surface area contributed by atoms with Crippen LogP contribution in [0.1, 0.15) is 22.8 Å². The molecule has 2 heterocycles. The van der Waals surface area contributed by atoms with E-state index in [2.05, 4.69) is 39.2 Å². The lowest BCUT2D eigenvalue weighted by Crippen LogP contribution is -2.52. The number of rotatable bonds is 6. The van der Waals surface area contributed by atoms with Crippen molar-refractivity contribution in [2.75, 3.05) is 58.3 Å². The van der Waals surface area contributed by atoms with E-state index in [-0.39, 0.29) is 29.9 Å². The first-order valence-corrected chi connectivity index (χ1v) is 10.6. The van der Waals surface area contributed by atoms with Gasteiger partial charge < -0.3 is 20.0 Å². The van der Waals surface area contributed by atoms with E-state index >= 15 is 0 Å². The summed E-state index contributed by atoms with van der Waals surface area (Å²) < 4.78 is 0. The first-order valence-electron chi connectivity index (χ1n) is 10.6. The number of anilines is 1. The van der Waals surface area contributed by atoms with Crippen LogP contribution < -0.4 is 10.2 Å². The van der Waals surface area contributed by atoms with E-state index in [1.165, 1.54) is 0 Å². The second-order valence-corrected chi connectivity index (χ2v) is 7.55. The molecule has 3 rings (SSSR count). The number of carbonyl (C=O) groups excluding carboxylic acids is 1. The largest absolute Gasteiger partial charge is 0.357 e. The molecular weight excluding hydrogens is 503 g/mol. The van der Waals surface area contributed by atoms with E-state index < -0.39 is 0 Å². The maximum atomic E-state index is 12.2. The number of pyridine rings is 1. The Morgan fingerprint density at radius 2 is 1.90 bits per heavy atom. The van der Waals surface area contributed by atoms with Gasteiger partial charge in [0.15, 0.2) is 5.96 Å². The van der Waals surface area contributed by atoms with Crippen LogP contribution in [0.2, 0.25) is 0 Å². The van der Waals surface area contributed by atoms with Crippen molar-refractivity contribution < 1.29 is 4.79 Å². The van der Waals surface area contributed by atoms with Crippen molar-refractivity contribution in [3.8, 4) is 0 Å². The SMILES string of the molecule is CCNC(=NCCc1cccc(C(=O)N(C)C)c1)N1CCN(c2ccccn2)CC1.I. The van der Waals surface area contributed by atoms with Crippen LogP contribution in [0, 0.1) is 0 Å². The van der Waals surface area contributed by atoms with Gasteiger partial charge in [0.25, 0.3) is 5.91 Å². The van der Waals surface area contributed by atoms with Gasteiger partial charge in [0, 0.05) is 65.1 Å². The summed E-state index contributed by atoms with van der Waals surface area (Å²) >= 11 is 0. The van der Waals surface area contributed by atoms with Crippen LogP contribution in [0.4, 0.5) is 5.82 Å². The highest BCUT2D eigenvalue weighted by molar-refractivity contribution is 14.0. The molecule has 1 aromatic heterocycles. The summed E-state index contributed by atoms with van der Waals surface area (Å²) in [5.41, 5.74) is 1.85. The quantitative estimate of drug-likeness (QED) is 0.350. The number of nitrogens with zero attached hydrogens (tertiary/aromatic N) is 5. The van der Waals surface area contributed by atoms with Crippen LogP contribution >= 0.6 is 24.0 Å². The molecule has 1 N–H and O–H groups in total. The molecule has 0 aliphatic carbocycles. The third-order valence-electron chi connectivity index (χ3n) is 5.13. The number of aromatic nitrogens is 1. The first-order chi connectivity index (χ1) is 14.6. The monoisotopic (exact) mass is 536 g/mol. The molecule has 7 nitrogen and oxygen atoms in total. The zero-order valence-corrected chi connectivity index (χ0v) is 21.0. The van der Waals surface area contributed by atoms with Gasteiger partial charge in [-0.2, -0.15) is 0 Å². The Hall–Kier alpha value is -2.36. The molecule has 0 unspecified atom stereocenters. The summed E-state index contributed by atoms with van der Waals surface area (Å²) in [6.07, 6.45) is 2.64. The number of guanidine groups is 1. The minimum Gasteiger partial charge on any atom is -0.357 e. The Morgan fingerprint density at radius 1 is 1.13 bits per heavy atom. The highest BCUT2D eigenvalue weighted by atomic mass is 127. The third-order valence-corrected chi connectivity index (χ3v) is 5.13. The predicted molar refractivity (Wildman–Crippen MR) is 138 cm³/mol. The molecule has 0 spiro atoms. The molecule has 8 heteroatoms. The van der Waals surface area contributed by atoms with Crippen LogP contribution in [0.15, 0.2) is 53.7 Å². The summed E-state index contributed by atoms with van der Waals surface area (Å²) in [6.45, 7) is 7.29. The van der Waals surface area contributed by atoms with Gasteiger partial charge in [-0.1, -0.05) is 18.2 Å². The lowest BCUT2D eigenvalue weighted by Gasteiger charge is -2.37. The van der Waals surface area contributed by atoms with Crippen molar-refractivity contribution >= 4 is 41.7 Å². The van der Waals surface area contributed by atoms with E-state index in [0.717, 1.165) is 62.0 Å². The van der Waals surface area contributed by atoms with Gasteiger partial charge >= 0.3 is 0 Å². The summed E-state index contributed by atoms with van der Waals surface area (Å²) in [7, 11) is 3.55. The van der Waals surface area contributed by atoms with E-state index in [1.54, 1.807) is 19.0 Å². The van der Waals surface area contributed by atoms with E-state index in [4.69, 9.17) is 4.99 Å². The number of piperazine rings is 1. The van der Waals surface area contributed by atoms with E-state index in [9.17, 15) is 4.79 Å². The molecule has 0 saturated carbocycles. The summed E-state index contributed by atoms with van der Waals surface area (Å²) in [6, 6.07) is 13.9. The molecule has 168 valence electrons. The number of aliphatic imine (C=N–C) groups is 1. The summed E-state index contributed by atoms with van der Waals surface area (Å²) in [5, 5.41) is 3.42. The maximum absolute atomic E-state index is 12.2. The third kappa shape index (κ3) is 7.09. The van der Waals surface area contributed by atoms with Crippen molar-refractivity contribution in [1.29, 1.82) is 0 Å². The van der Waals surface area contributed by atoms with Crippen molar-refractivity contribution in [2.24, 2.45) is 4.99 Å². The Bertz CT molecular complexity index is 850. The Labute approximate surface area is 202 Å². The van der Waals surface area contributed by atoms with Crippen LogP contribution in [0.25, 0.3) is 0 Å². The van der Waals surface area contributed by atoms with Crippen LogP contribution in [-0.2, 0) is 6.42 Å². The minimum atomic E-state index is 0. The number of nitrogens with one attached hydrogen (secondary N) is 1. The van der Waals surface area contributed by atoms with Crippen molar-refractivity contribution in [1.82, 2.24) is 20.1 Å². The molecule has 0 radical (unpaired) electrons. The number of carbonyl (C=O) groups is 1. The molecule has 1 fully saturated rings. The highest BCUT2D eigenvalue weighted by Crippen LogP contribution is 2.13. The second-order valence-electron chi connectivity index (χ2n) is 7.55. The van der Waals surface area contributed by atoms with Gasteiger partial charge in [-0.25, -0.2) is 4.98 Å². The molecule has 0 bridgehead atoms. The standard InChI is InChI=1S/C23H32N6O.HI/c1-4-24-23(29-16-14-28(15-17-29)21-10-5-6-12-25-21)26-13-11-19-8-7-9-20(18-19)22(30)27(2)3;/h5-10,12,18H,4,11,13-17H2,1-3H3,(H,24,26);1H. The van der Waals surface area contributed by atoms with Crippen LogP contribution in [0.5, 0.6) is 0 Å². The fourth-order valence-electron chi connectivity index (χ4n) is 3.52. The zero-order chi connectivity index (χ0) is 21.3. The Kier molecular flexibility index (Phi) is 10.0. The number of halogens is 1. The molecule has 1 aliphatic rings. The molecule has 1 amide bonds. The average Bonchev–Trinajstić information content (AvgIpc) is 2.79. The highest BCUT2D eigenvalue weighted by Gasteiger charge is 2.20. The fraction of sp³-hybridized carbons (Fsp3) is 0.435. The van der Waals surface area contributed by atoms with E-state index in [1.807, 2.05) is 36.5 Å². The smallest absolute Gasteiger partial charge is 0.253 e. The predicted octanol–water partition coefficient (Wildman–Crippen LogP) is 2.73. The van der Waals surface area contributed by atoms with Crippen LogP contribution in [-0.4, -0.2) is 80.0 Å². The fourth-order valence-corrected chi connectivity index (χ4v) is 3.52. The van der Waals surface area contributed by atoms with Crippen molar-refractivity contribution in [3.05, 3.63) is 59.8 Å². The molecule has 1 aliphatic heterocycles. The van der Waals surface area contributed by atoms with Gasteiger partial charge in [0.2, 0.25) is 0 Å². The number of hydrogen-bond donors (Lipinski definition) is 1. The summed E-state index contributed by atoms with van der Waals surface area (Å²) in [4.78, 5) is 27.7. The average molecular weight is 536 g/mol. The van der Waals surface area contributed by atoms with Crippen LogP contribution in [0.3, 0.4) is 0 Å². The van der Waals surface area contributed by atoms with Gasteiger partial charge in [-0.15, -0.1) is 24.0 Å². The van der Waals surface area contributed by atoms with Crippen molar-refractivity contribution in [2.45, 2.75) is 13.3 Å². The number of benzene rings is 1. The first kappa shape index (κ1) is 24.9. The second kappa shape index (κ2) is 12.5. The van der Waals surface area contributed by atoms with Gasteiger partial charge in [-0.05, 0) is 43.2 Å². The summed E-state index contributed by atoms with van der Waals surface area (Å²) in [5.74, 6) is 2.02. The normalized spacial score (nSPS) is 14.1. The molecule has 1 saturated heterocycles. The molecular formula is C23H33IN6O. The Morgan fingerprint density at radius 3 is 2.55 bits per heavy atom. The van der Waals surface area contributed by atoms with Gasteiger partial charge in [0.1, 0.15) is 5.82 Å².